The van der Waals surface area contributed by atoms with E-state index in [4.69, 9.17) is 9.47 Å². The van der Waals surface area contributed by atoms with E-state index in [0.717, 1.165) is 33.8 Å². The van der Waals surface area contributed by atoms with Gasteiger partial charge >= 0.3 is 0 Å². The summed E-state index contributed by atoms with van der Waals surface area (Å²) in [5.41, 5.74) is 3.91. The third-order valence-electron chi connectivity index (χ3n) is 4.74. The van der Waals surface area contributed by atoms with Crippen molar-refractivity contribution in [3.63, 3.8) is 0 Å². The highest BCUT2D eigenvalue weighted by Crippen LogP contribution is 2.28. The largest absolute Gasteiger partial charge is 0.497 e. The Labute approximate surface area is 160 Å². The molecule has 0 fully saturated rings. The van der Waals surface area contributed by atoms with Gasteiger partial charge in [0.2, 0.25) is 0 Å². The zero-order valence-corrected chi connectivity index (χ0v) is 15.9. The number of rotatable bonds is 7. The predicted octanol–water partition coefficient (Wildman–Crippen LogP) is 5.22. The van der Waals surface area contributed by atoms with Gasteiger partial charge in [-0.1, -0.05) is 54.1 Å². The molecule has 3 heteroatoms. The van der Waals surface area contributed by atoms with Crippen LogP contribution in [0, 0.1) is 6.92 Å². The van der Waals surface area contributed by atoms with E-state index in [1.807, 2.05) is 79.7 Å². The molecule has 0 aromatic heterocycles. The number of carbonyl (C=O) groups excluding carboxylic acids is 1. The Bertz CT molecular complexity index is 896. The summed E-state index contributed by atoms with van der Waals surface area (Å²) in [6.07, 6.45) is 0.607. The minimum Gasteiger partial charge on any atom is -0.497 e. The van der Waals surface area contributed by atoms with Crippen molar-refractivity contribution in [2.24, 2.45) is 0 Å². The van der Waals surface area contributed by atoms with Gasteiger partial charge in [-0.2, -0.15) is 0 Å². The molecule has 0 spiro atoms. The molecule has 0 heterocycles. The number of hydrogen-bond acceptors (Lipinski definition) is 3. The molecule has 0 N–H and O–H groups in total. The summed E-state index contributed by atoms with van der Waals surface area (Å²) >= 11 is 0. The summed E-state index contributed by atoms with van der Waals surface area (Å²) in [5, 5.41) is 0. The molecule has 3 aromatic carbocycles. The van der Waals surface area contributed by atoms with E-state index < -0.39 is 0 Å². The fraction of sp³-hybridized carbons (Fsp3) is 0.208. The molecule has 27 heavy (non-hydrogen) atoms. The highest BCUT2D eigenvalue weighted by atomic mass is 16.5. The Hall–Kier alpha value is -3.07. The molecule has 0 aliphatic rings. The summed E-state index contributed by atoms with van der Waals surface area (Å²) in [5.74, 6) is 1.42. The first kappa shape index (κ1) is 18.7. The van der Waals surface area contributed by atoms with Gasteiger partial charge in [0.1, 0.15) is 11.5 Å². The second-order valence-electron chi connectivity index (χ2n) is 6.61. The molecule has 0 radical (unpaired) electrons. The highest BCUT2D eigenvalue weighted by Gasteiger charge is 2.23. The Morgan fingerprint density at radius 2 is 1.52 bits per heavy atom. The van der Waals surface area contributed by atoms with Crippen LogP contribution in [0.25, 0.3) is 0 Å². The van der Waals surface area contributed by atoms with Crippen LogP contribution in [-0.4, -0.2) is 20.0 Å². The Balaban J connectivity index is 1.96. The van der Waals surface area contributed by atoms with E-state index in [1.54, 1.807) is 14.2 Å². The number of ketones is 1. The van der Waals surface area contributed by atoms with Crippen LogP contribution in [0.1, 0.15) is 33.0 Å². The Morgan fingerprint density at radius 1 is 0.852 bits per heavy atom. The molecule has 3 aromatic rings. The first-order valence-electron chi connectivity index (χ1n) is 8.98. The molecule has 0 bridgehead atoms. The van der Waals surface area contributed by atoms with Crippen molar-refractivity contribution < 1.29 is 14.3 Å². The molecule has 138 valence electrons. The Morgan fingerprint density at radius 3 is 2.15 bits per heavy atom. The zero-order chi connectivity index (χ0) is 19.2. The predicted molar refractivity (Wildman–Crippen MR) is 108 cm³/mol. The van der Waals surface area contributed by atoms with E-state index in [9.17, 15) is 4.79 Å². The molecular weight excluding hydrogens is 336 g/mol. The van der Waals surface area contributed by atoms with E-state index in [0.29, 0.717) is 6.42 Å². The maximum absolute atomic E-state index is 13.3. The van der Waals surface area contributed by atoms with E-state index in [1.165, 1.54) is 0 Å². The van der Waals surface area contributed by atoms with E-state index in [2.05, 4.69) is 0 Å². The molecule has 0 saturated carbocycles. The normalized spacial score (nSPS) is 11.7. The minimum absolute atomic E-state index is 0.114. The SMILES string of the molecule is COc1ccc(C(Cc2cccc(OC)c2)C(=O)c2ccc(C)cc2)cc1. The van der Waals surface area contributed by atoms with Crippen molar-refractivity contribution in [1.29, 1.82) is 0 Å². The quantitative estimate of drug-likeness (QED) is 0.542. The second-order valence-corrected chi connectivity index (χ2v) is 6.61. The number of methoxy groups -OCH3 is 2. The smallest absolute Gasteiger partial charge is 0.170 e. The number of Topliss-reactive ketones (excluding diaryl/α,β-unsaturated/α-hetero) is 1. The molecule has 0 amide bonds. The number of ether oxygens (including phenoxy) is 2. The Kier molecular flexibility index (Phi) is 5.92. The van der Waals surface area contributed by atoms with Crippen LogP contribution in [-0.2, 0) is 6.42 Å². The zero-order valence-electron chi connectivity index (χ0n) is 15.9. The van der Waals surface area contributed by atoms with Crippen molar-refractivity contribution in [3.8, 4) is 11.5 Å². The number of carbonyl (C=O) groups is 1. The monoisotopic (exact) mass is 360 g/mol. The van der Waals surface area contributed by atoms with Gasteiger partial charge in [-0.25, -0.2) is 0 Å². The fourth-order valence-electron chi connectivity index (χ4n) is 3.15. The van der Waals surface area contributed by atoms with Crippen molar-refractivity contribution >= 4 is 5.78 Å². The summed E-state index contributed by atoms with van der Waals surface area (Å²) in [7, 11) is 3.29. The minimum atomic E-state index is -0.272. The van der Waals surface area contributed by atoms with Crippen LogP contribution in [0.15, 0.2) is 72.8 Å². The lowest BCUT2D eigenvalue weighted by atomic mass is 9.85. The molecule has 0 aliphatic heterocycles. The van der Waals surface area contributed by atoms with Gasteiger partial charge in [0.25, 0.3) is 0 Å². The van der Waals surface area contributed by atoms with Crippen molar-refractivity contribution in [2.45, 2.75) is 19.3 Å². The number of aryl methyl sites for hydroxylation is 1. The van der Waals surface area contributed by atoms with E-state index in [-0.39, 0.29) is 11.7 Å². The summed E-state index contributed by atoms with van der Waals surface area (Å²) in [4.78, 5) is 13.3. The van der Waals surface area contributed by atoms with Gasteiger partial charge in [0, 0.05) is 5.56 Å². The third-order valence-corrected chi connectivity index (χ3v) is 4.74. The lowest BCUT2D eigenvalue weighted by Crippen LogP contribution is -2.16. The van der Waals surface area contributed by atoms with E-state index >= 15 is 0 Å². The standard InChI is InChI=1S/C24H24O3/c1-17-7-9-20(10-8-17)24(25)23(19-11-13-21(26-2)14-12-19)16-18-5-4-6-22(15-18)27-3/h4-15,23H,16H2,1-3H3. The number of benzene rings is 3. The molecule has 0 aliphatic carbocycles. The van der Waals surface area contributed by atoms with Gasteiger partial charge < -0.3 is 9.47 Å². The van der Waals surface area contributed by atoms with Crippen molar-refractivity contribution in [2.75, 3.05) is 14.2 Å². The number of hydrogen-bond donors (Lipinski definition) is 0. The summed E-state index contributed by atoms with van der Waals surface area (Å²) < 4.78 is 10.6. The first-order valence-corrected chi connectivity index (χ1v) is 8.98. The summed E-state index contributed by atoms with van der Waals surface area (Å²) in [6, 6.07) is 23.4. The molecule has 1 atom stereocenters. The van der Waals surface area contributed by atoms with Crippen LogP contribution in [0.4, 0.5) is 0 Å². The van der Waals surface area contributed by atoms with Crippen LogP contribution in [0.3, 0.4) is 0 Å². The first-order chi connectivity index (χ1) is 13.1. The van der Waals surface area contributed by atoms with Gasteiger partial charge in [0.15, 0.2) is 5.78 Å². The lowest BCUT2D eigenvalue weighted by Gasteiger charge is -2.18. The van der Waals surface area contributed by atoms with Crippen molar-refractivity contribution in [3.05, 3.63) is 95.1 Å². The summed E-state index contributed by atoms with van der Waals surface area (Å²) in [6.45, 7) is 2.02. The topological polar surface area (TPSA) is 35.5 Å². The fourth-order valence-corrected chi connectivity index (χ4v) is 3.15. The van der Waals surface area contributed by atoms with Crippen LogP contribution in [0.5, 0.6) is 11.5 Å². The molecule has 0 saturated heterocycles. The second kappa shape index (κ2) is 8.54. The average Bonchev–Trinajstić information content (AvgIpc) is 2.72. The maximum Gasteiger partial charge on any atom is 0.170 e. The van der Waals surface area contributed by atoms with Gasteiger partial charge in [-0.15, -0.1) is 0 Å². The van der Waals surface area contributed by atoms with Gasteiger partial charge in [-0.3, -0.25) is 4.79 Å². The van der Waals surface area contributed by atoms with Crippen LogP contribution < -0.4 is 9.47 Å². The van der Waals surface area contributed by atoms with Crippen LogP contribution >= 0.6 is 0 Å². The molecule has 3 rings (SSSR count). The van der Waals surface area contributed by atoms with Crippen LogP contribution in [0.2, 0.25) is 0 Å². The maximum atomic E-state index is 13.3. The average molecular weight is 360 g/mol. The van der Waals surface area contributed by atoms with Crippen molar-refractivity contribution in [1.82, 2.24) is 0 Å². The highest BCUT2D eigenvalue weighted by molar-refractivity contribution is 6.01. The third kappa shape index (κ3) is 4.56. The van der Waals surface area contributed by atoms with Gasteiger partial charge in [-0.05, 0) is 48.7 Å². The lowest BCUT2D eigenvalue weighted by molar-refractivity contribution is 0.0958. The molecule has 3 nitrogen and oxygen atoms in total. The molecular formula is C24H24O3. The van der Waals surface area contributed by atoms with Gasteiger partial charge in [0.05, 0.1) is 20.1 Å². The molecule has 1 unspecified atom stereocenters.